The molecule has 0 spiro atoms. The second kappa shape index (κ2) is 13.5. The van der Waals surface area contributed by atoms with Gasteiger partial charge >= 0.3 is 12.2 Å². The summed E-state index contributed by atoms with van der Waals surface area (Å²) >= 11 is 0. The van der Waals surface area contributed by atoms with Crippen LogP contribution in [0.4, 0.5) is 28.0 Å². The first kappa shape index (κ1) is 32.5. The van der Waals surface area contributed by atoms with Crippen LogP contribution >= 0.6 is 0 Å². The molecule has 2 aliphatic heterocycles. The molecule has 1 saturated heterocycles. The monoisotopic (exact) mass is 608 g/mol. The predicted molar refractivity (Wildman–Crippen MR) is 157 cm³/mol. The van der Waals surface area contributed by atoms with Gasteiger partial charge in [-0.15, -0.1) is 0 Å². The number of carbonyl (C=O) groups is 1. The number of ether oxygens (including phenoxy) is 2. The molecule has 2 aliphatic rings. The van der Waals surface area contributed by atoms with Crippen molar-refractivity contribution in [2.24, 2.45) is 4.99 Å². The van der Waals surface area contributed by atoms with E-state index in [1.165, 1.54) is 30.2 Å². The largest absolute Gasteiger partial charge is 0.490 e. The summed E-state index contributed by atoms with van der Waals surface area (Å²) in [5.74, 6) is 0.515. The van der Waals surface area contributed by atoms with Gasteiger partial charge < -0.3 is 19.7 Å². The van der Waals surface area contributed by atoms with E-state index in [2.05, 4.69) is 20.6 Å². The highest BCUT2D eigenvalue weighted by Crippen LogP contribution is 2.39. The van der Waals surface area contributed by atoms with E-state index < -0.39 is 36.7 Å². The van der Waals surface area contributed by atoms with Gasteiger partial charge in [-0.2, -0.15) is 18.2 Å². The van der Waals surface area contributed by atoms with Gasteiger partial charge in [0.05, 0.1) is 17.3 Å². The van der Waals surface area contributed by atoms with Crippen LogP contribution < -0.4 is 25.0 Å². The summed E-state index contributed by atoms with van der Waals surface area (Å²) in [5.41, 5.74) is -0.430. The first-order valence-corrected chi connectivity index (χ1v) is 14.5. The molecular formula is C30H40F4N6O3. The van der Waals surface area contributed by atoms with Crippen molar-refractivity contribution >= 4 is 17.6 Å². The Morgan fingerprint density at radius 2 is 1.79 bits per heavy atom. The number of hydrogen-bond donors (Lipinski definition) is 2. The maximum Gasteiger partial charge on any atom is 0.416 e. The fourth-order valence-electron chi connectivity index (χ4n) is 5.39. The number of urea groups is 1. The number of piperazine rings is 1. The van der Waals surface area contributed by atoms with E-state index in [-0.39, 0.29) is 54.0 Å². The van der Waals surface area contributed by atoms with Crippen molar-refractivity contribution in [2.45, 2.75) is 84.6 Å². The van der Waals surface area contributed by atoms with Gasteiger partial charge in [0, 0.05) is 49.5 Å². The van der Waals surface area contributed by atoms with E-state index in [4.69, 9.17) is 9.47 Å². The Bertz CT molecular complexity index is 1320. The Hall–Kier alpha value is -3.45. The van der Waals surface area contributed by atoms with Crippen molar-refractivity contribution in [3.05, 3.63) is 47.3 Å². The molecule has 4 rings (SSSR count). The van der Waals surface area contributed by atoms with Crippen LogP contribution in [0.2, 0.25) is 0 Å². The van der Waals surface area contributed by atoms with Crippen molar-refractivity contribution in [1.82, 2.24) is 20.5 Å². The molecule has 0 radical (unpaired) electrons. The van der Waals surface area contributed by atoms with Gasteiger partial charge in [-0.25, -0.2) is 9.18 Å². The van der Waals surface area contributed by atoms with E-state index in [1.54, 1.807) is 13.0 Å². The molecule has 236 valence electrons. The lowest BCUT2D eigenvalue weighted by atomic mass is 10.0. The number of pyridine rings is 1. The average molecular weight is 609 g/mol. The number of aromatic nitrogens is 1. The molecule has 9 nitrogen and oxygen atoms in total. The maximum atomic E-state index is 16.1. The lowest BCUT2D eigenvalue weighted by Gasteiger charge is -2.39. The van der Waals surface area contributed by atoms with Crippen LogP contribution in [0.5, 0.6) is 11.5 Å². The Labute approximate surface area is 249 Å². The van der Waals surface area contributed by atoms with Gasteiger partial charge in [0.15, 0.2) is 6.30 Å². The highest BCUT2D eigenvalue weighted by atomic mass is 19.4. The highest BCUT2D eigenvalue weighted by molar-refractivity contribution is 6.02. The maximum absolute atomic E-state index is 16.1. The predicted octanol–water partition coefficient (Wildman–Crippen LogP) is 5.50. The molecule has 4 atom stereocenters. The first-order valence-electron chi connectivity index (χ1n) is 14.5. The van der Waals surface area contributed by atoms with Crippen LogP contribution in [0.25, 0.3) is 0 Å². The number of fused-ring (bicyclic) bond motifs is 2. The van der Waals surface area contributed by atoms with Crippen molar-refractivity contribution < 1.29 is 31.8 Å². The summed E-state index contributed by atoms with van der Waals surface area (Å²) in [4.78, 5) is 26.2. The van der Waals surface area contributed by atoms with Gasteiger partial charge in [-0.3, -0.25) is 15.2 Å². The third-order valence-corrected chi connectivity index (χ3v) is 7.69. The topological polar surface area (TPSA) is 91.3 Å². The summed E-state index contributed by atoms with van der Waals surface area (Å²) in [6, 6.07) is 3.44. The fraction of sp³-hybridized carbons (Fsp3) is 0.567. The second-order valence-corrected chi connectivity index (χ2v) is 11.3. The summed E-state index contributed by atoms with van der Waals surface area (Å²) in [5, 5.41) is 5.95. The highest BCUT2D eigenvalue weighted by Gasteiger charge is 2.37. The number of hydrogen-bond acceptors (Lipinski definition) is 6. The molecule has 3 heterocycles. The Morgan fingerprint density at radius 3 is 2.47 bits per heavy atom. The molecule has 0 saturated carbocycles. The molecule has 0 bridgehead atoms. The number of amidine groups is 1. The zero-order chi connectivity index (χ0) is 31.5. The summed E-state index contributed by atoms with van der Waals surface area (Å²) in [7, 11) is 0. The minimum atomic E-state index is -4.68. The second-order valence-electron chi connectivity index (χ2n) is 11.3. The zero-order valence-corrected chi connectivity index (χ0v) is 25.3. The van der Waals surface area contributed by atoms with Crippen molar-refractivity contribution in [1.29, 1.82) is 0 Å². The quantitative estimate of drug-likeness (QED) is 0.191. The Kier molecular flexibility index (Phi) is 10.2. The number of aliphatic imine (C=N–C) groups is 1. The molecule has 1 fully saturated rings. The van der Waals surface area contributed by atoms with Crippen LogP contribution in [0.1, 0.15) is 64.3 Å². The van der Waals surface area contributed by atoms with Gasteiger partial charge in [-0.05, 0) is 45.7 Å². The Balaban J connectivity index is 1.79. The molecule has 13 heteroatoms. The lowest BCUT2D eigenvalue weighted by molar-refractivity contribution is -0.138. The molecule has 2 N–H and O–H groups in total. The molecule has 1 unspecified atom stereocenters. The zero-order valence-electron chi connectivity index (χ0n) is 25.3. The molecule has 1 aromatic carbocycles. The van der Waals surface area contributed by atoms with Crippen LogP contribution in [-0.2, 0) is 12.7 Å². The molecular weight excluding hydrogens is 568 g/mol. The number of carbonyl (C=O) groups excluding carboxylic acids is 1. The number of anilines is 1. The molecule has 0 aliphatic carbocycles. The SMILES string of the molecule is CC(=NC(=O)N1c2c(ccnc2C(C)C)OCCOc2cccc(C(F)(F)F)c2CNC(F)[C@H]1C)N1C[C@@H](C)NC[C@@H]1C. The van der Waals surface area contributed by atoms with Crippen LogP contribution in [0.15, 0.2) is 35.5 Å². The lowest BCUT2D eigenvalue weighted by Crippen LogP contribution is -2.56. The van der Waals surface area contributed by atoms with E-state index in [0.717, 1.165) is 6.07 Å². The molecule has 2 aromatic rings. The minimum Gasteiger partial charge on any atom is -0.490 e. The molecule has 2 amide bonds. The van der Waals surface area contributed by atoms with E-state index in [0.29, 0.717) is 24.6 Å². The van der Waals surface area contributed by atoms with Crippen molar-refractivity contribution in [3.63, 3.8) is 0 Å². The summed E-state index contributed by atoms with van der Waals surface area (Å²) < 4.78 is 69.5. The van der Waals surface area contributed by atoms with E-state index >= 15 is 4.39 Å². The number of nitrogens with zero attached hydrogens (tertiary/aromatic N) is 4. The smallest absolute Gasteiger partial charge is 0.416 e. The van der Waals surface area contributed by atoms with Crippen LogP contribution in [-0.4, -0.2) is 72.5 Å². The van der Waals surface area contributed by atoms with E-state index in [1.807, 2.05) is 32.6 Å². The first-order chi connectivity index (χ1) is 20.3. The number of nitrogens with one attached hydrogen (secondary N) is 2. The van der Waals surface area contributed by atoms with Crippen LogP contribution in [0.3, 0.4) is 0 Å². The summed E-state index contributed by atoms with van der Waals surface area (Å²) in [6.07, 6.45) is -5.10. The van der Waals surface area contributed by atoms with Gasteiger partial charge in [-0.1, -0.05) is 19.9 Å². The van der Waals surface area contributed by atoms with E-state index in [9.17, 15) is 18.0 Å². The fourth-order valence-corrected chi connectivity index (χ4v) is 5.39. The minimum absolute atomic E-state index is 0.0321. The number of halogens is 4. The third-order valence-electron chi connectivity index (χ3n) is 7.69. The standard InChI is InChI=1S/C30H40F4N6O3/c1-17(2)26-27-25(10-11-35-26)43-13-12-42-24-9-7-8-23(30(32,33)34)22(24)15-37-28(31)20(5)40(27)29(41)38-21(6)39-16-18(3)36-14-19(39)4/h7-11,17-20,28,36-37H,12-16H2,1-6H3/t18-,19+,20-,28?/m1/s1. The summed E-state index contributed by atoms with van der Waals surface area (Å²) in [6.45, 7) is 11.7. The van der Waals surface area contributed by atoms with Gasteiger partial charge in [0.2, 0.25) is 0 Å². The number of alkyl halides is 4. The number of benzene rings is 1. The third kappa shape index (κ3) is 7.38. The van der Waals surface area contributed by atoms with Gasteiger partial charge in [0.1, 0.15) is 36.2 Å². The number of rotatable bonds is 1. The normalized spacial score (nSPS) is 24.1. The van der Waals surface area contributed by atoms with Crippen molar-refractivity contribution in [2.75, 3.05) is 31.2 Å². The molecule has 43 heavy (non-hydrogen) atoms. The number of amides is 2. The Morgan fingerprint density at radius 1 is 1.09 bits per heavy atom. The molecule has 1 aromatic heterocycles. The van der Waals surface area contributed by atoms with Gasteiger partial charge in [0.25, 0.3) is 0 Å². The average Bonchev–Trinajstić information content (AvgIpc) is 2.95. The van der Waals surface area contributed by atoms with Crippen molar-refractivity contribution in [3.8, 4) is 11.5 Å². The van der Waals surface area contributed by atoms with Crippen LogP contribution in [0, 0.1) is 0 Å².